The Kier molecular flexibility index (Phi) is 5.51. The molecule has 0 saturated heterocycles. The van der Waals surface area contributed by atoms with Gasteiger partial charge in [-0.15, -0.1) is 0 Å². The molecule has 0 aliphatic carbocycles. The molecule has 0 saturated carbocycles. The molecule has 0 aliphatic rings. The minimum Gasteiger partial charge on any atom is -0.451 e. The molecule has 6 nitrogen and oxygen atoms in total. The summed E-state index contributed by atoms with van der Waals surface area (Å²) in [7, 11) is -3.57. The first-order valence-corrected chi connectivity index (χ1v) is 10.3. The molecule has 0 bridgehead atoms. The van der Waals surface area contributed by atoms with Gasteiger partial charge in [0, 0.05) is 12.1 Å². The van der Waals surface area contributed by atoms with Gasteiger partial charge in [-0.25, -0.2) is 12.8 Å². The maximum Gasteiger partial charge on any atom is 0.287 e. The maximum absolute atomic E-state index is 14.0. The molecule has 1 heterocycles. The average molecular weight is 402 g/mol. The lowest BCUT2D eigenvalue weighted by Crippen LogP contribution is -2.22. The topological polar surface area (TPSA) is 88.4 Å². The van der Waals surface area contributed by atoms with Crippen molar-refractivity contribution in [1.82, 2.24) is 5.32 Å². The third-order valence-electron chi connectivity index (χ3n) is 4.02. The van der Waals surface area contributed by atoms with Gasteiger partial charge in [0.2, 0.25) is 10.0 Å². The quantitative estimate of drug-likeness (QED) is 0.658. The van der Waals surface area contributed by atoms with Gasteiger partial charge in [0.25, 0.3) is 5.91 Å². The van der Waals surface area contributed by atoms with E-state index in [1.165, 1.54) is 12.1 Å². The lowest BCUT2D eigenvalue weighted by Gasteiger charge is -2.08. The van der Waals surface area contributed by atoms with Gasteiger partial charge in [-0.2, -0.15) is 0 Å². The zero-order valence-electron chi connectivity index (χ0n) is 15.3. The lowest BCUT2D eigenvalue weighted by atomic mass is 10.1. The van der Waals surface area contributed by atoms with Crippen LogP contribution in [0, 0.1) is 12.7 Å². The van der Waals surface area contributed by atoms with Crippen molar-refractivity contribution in [2.75, 3.05) is 11.0 Å². The van der Waals surface area contributed by atoms with E-state index in [9.17, 15) is 17.6 Å². The number of hydrogen-bond acceptors (Lipinski definition) is 4. The Morgan fingerprint density at radius 3 is 2.54 bits per heavy atom. The van der Waals surface area contributed by atoms with Crippen LogP contribution in [0.3, 0.4) is 0 Å². The highest BCUT2D eigenvalue weighted by Gasteiger charge is 2.14. The highest BCUT2D eigenvalue weighted by molar-refractivity contribution is 7.92. The Morgan fingerprint density at radius 1 is 1.11 bits per heavy atom. The standard InChI is InChI=1S/C20H19FN2O4S/c1-13-5-3-4-6-15(13)18-9-10-19(27-18)20(24)22-12-14-7-8-17(16(21)11-14)23-28(2,25)26/h3-11,23H,12H2,1-2H3,(H,22,24). The SMILES string of the molecule is Cc1ccccc1-c1ccc(C(=O)NCc2ccc(NS(C)(=O)=O)c(F)c2)o1. The summed E-state index contributed by atoms with van der Waals surface area (Å²) in [6.45, 7) is 2.02. The van der Waals surface area contributed by atoms with E-state index in [0.29, 0.717) is 11.3 Å². The summed E-state index contributed by atoms with van der Waals surface area (Å²) in [5, 5.41) is 2.65. The number of amides is 1. The van der Waals surface area contributed by atoms with E-state index >= 15 is 0 Å². The molecule has 1 amide bonds. The Bertz CT molecular complexity index is 1120. The molecule has 1 aromatic heterocycles. The highest BCUT2D eigenvalue weighted by atomic mass is 32.2. The minimum absolute atomic E-state index is 0.0648. The third-order valence-corrected chi connectivity index (χ3v) is 4.61. The molecule has 146 valence electrons. The van der Waals surface area contributed by atoms with Crippen molar-refractivity contribution < 1.29 is 22.0 Å². The number of halogens is 1. The van der Waals surface area contributed by atoms with E-state index in [-0.39, 0.29) is 18.0 Å². The zero-order valence-corrected chi connectivity index (χ0v) is 16.1. The Labute approximate surface area is 162 Å². The van der Waals surface area contributed by atoms with E-state index < -0.39 is 21.7 Å². The monoisotopic (exact) mass is 402 g/mol. The number of sulfonamides is 1. The molecule has 3 aromatic rings. The second kappa shape index (κ2) is 7.85. The number of hydrogen-bond donors (Lipinski definition) is 2. The number of nitrogens with one attached hydrogen (secondary N) is 2. The largest absolute Gasteiger partial charge is 0.451 e. The van der Waals surface area contributed by atoms with Crippen LogP contribution in [0.2, 0.25) is 0 Å². The summed E-state index contributed by atoms with van der Waals surface area (Å²) in [4.78, 5) is 12.3. The van der Waals surface area contributed by atoms with Crippen molar-refractivity contribution >= 4 is 21.6 Å². The van der Waals surface area contributed by atoms with E-state index in [2.05, 4.69) is 10.0 Å². The normalized spacial score (nSPS) is 11.2. The second-order valence-corrected chi connectivity index (χ2v) is 8.10. The van der Waals surface area contributed by atoms with E-state index in [1.54, 1.807) is 12.1 Å². The van der Waals surface area contributed by atoms with Gasteiger partial charge in [-0.3, -0.25) is 9.52 Å². The van der Waals surface area contributed by atoms with Crippen LogP contribution in [0.25, 0.3) is 11.3 Å². The number of benzene rings is 2. The van der Waals surface area contributed by atoms with Crippen LogP contribution < -0.4 is 10.0 Å². The molecular weight excluding hydrogens is 383 g/mol. The number of anilines is 1. The number of carbonyl (C=O) groups is 1. The predicted octanol–water partition coefficient (Wildman–Crippen LogP) is 3.70. The summed E-state index contributed by atoms with van der Waals surface area (Å²) in [5.74, 6) is -0.421. The number of rotatable bonds is 6. The first kappa shape index (κ1) is 19.6. The van der Waals surface area contributed by atoms with Gasteiger partial charge in [0.05, 0.1) is 11.9 Å². The van der Waals surface area contributed by atoms with Crippen LogP contribution >= 0.6 is 0 Å². The number of aryl methyl sites for hydroxylation is 1. The van der Waals surface area contributed by atoms with Gasteiger partial charge in [0.15, 0.2) is 5.76 Å². The van der Waals surface area contributed by atoms with Gasteiger partial charge in [0.1, 0.15) is 11.6 Å². The Balaban J connectivity index is 1.66. The molecular formula is C20H19FN2O4S. The zero-order chi connectivity index (χ0) is 20.3. The summed E-state index contributed by atoms with van der Waals surface area (Å²) < 4.78 is 44.1. The fourth-order valence-electron chi connectivity index (χ4n) is 2.67. The molecule has 2 N–H and O–H groups in total. The number of furan rings is 1. The smallest absolute Gasteiger partial charge is 0.287 e. The summed E-state index contributed by atoms with van der Waals surface area (Å²) in [6, 6.07) is 15.0. The van der Waals surface area contributed by atoms with Crippen LogP contribution in [0.1, 0.15) is 21.7 Å². The van der Waals surface area contributed by atoms with Crippen LogP contribution in [-0.2, 0) is 16.6 Å². The maximum atomic E-state index is 14.0. The Hall–Kier alpha value is -3.13. The van der Waals surface area contributed by atoms with Crippen molar-refractivity contribution in [3.8, 4) is 11.3 Å². The predicted molar refractivity (Wildman–Crippen MR) is 105 cm³/mol. The van der Waals surface area contributed by atoms with Crippen LogP contribution in [0.15, 0.2) is 59.0 Å². The van der Waals surface area contributed by atoms with Crippen molar-refractivity contribution in [2.45, 2.75) is 13.5 Å². The fourth-order valence-corrected chi connectivity index (χ4v) is 3.24. The first-order chi connectivity index (χ1) is 13.2. The van der Waals surface area contributed by atoms with Gasteiger partial charge in [-0.1, -0.05) is 30.3 Å². The molecule has 0 spiro atoms. The molecule has 2 aromatic carbocycles. The van der Waals surface area contributed by atoms with Gasteiger partial charge < -0.3 is 9.73 Å². The fraction of sp³-hybridized carbons (Fsp3) is 0.150. The van der Waals surface area contributed by atoms with E-state index in [4.69, 9.17) is 4.42 Å². The van der Waals surface area contributed by atoms with Crippen molar-refractivity contribution in [1.29, 1.82) is 0 Å². The highest BCUT2D eigenvalue weighted by Crippen LogP contribution is 2.25. The number of carbonyl (C=O) groups excluding carboxylic acids is 1. The molecule has 28 heavy (non-hydrogen) atoms. The summed E-state index contributed by atoms with van der Waals surface area (Å²) >= 11 is 0. The Morgan fingerprint density at radius 2 is 1.86 bits per heavy atom. The van der Waals surface area contributed by atoms with Crippen molar-refractivity contribution in [3.63, 3.8) is 0 Å². The molecule has 0 aliphatic heterocycles. The molecule has 0 atom stereocenters. The third kappa shape index (κ3) is 4.77. The van der Waals surface area contributed by atoms with Crippen LogP contribution in [0.4, 0.5) is 10.1 Å². The van der Waals surface area contributed by atoms with Gasteiger partial charge in [-0.05, 0) is 42.3 Å². The van der Waals surface area contributed by atoms with Crippen molar-refractivity contribution in [2.24, 2.45) is 0 Å². The molecule has 0 radical (unpaired) electrons. The van der Waals surface area contributed by atoms with Gasteiger partial charge >= 0.3 is 0 Å². The van der Waals surface area contributed by atoms with Crippen LogP contribution in [-0.4, -0.2) is 20.6 Å². The van der Waals surface area contributed by atoms with Crippen LogP contribution in [0.5, 0.6) is 0 Å². The lowest BCUT2D eigenvalue weighted by molar-refractivity contribution is 0.0924. The van der Waals surface area contributed by atoms with E-state index in [1.807, 2.05) is 31.2 Å². The average Bonchev–Trinajstić information content (AvgIpc) is 3.11. The first-order valence-electron chi connectivity index (χ1n) is 8.43. The second-order valence-electron chi connectivity index (χ2n) is 6.35. The van der Waals surface area contributed by atoms with E-state index in [0.717, 1.165) is 23.4 Å². The molecule has 8 heteroatoms. The summed E-state index contributed by atoms with van der Waals surface area (Å²) in [5.41, 5.74) is 2.27. The summed E-state index contributed by atoms with van der Waals surface area (Å²) in [6.07, 6.45) is 0.940. The minimum atomic E-state index is -3.57. The van der Waals surface area contributed by atoms with Crippen molar-refractivity contribution in [3.05, 3.63) is 77.3 Å². The molecule has 0 fully saturated rings. The molecule has 0 unspecified atom stereocenters. The molecule has 3 rings (SSSR count).